The van der Waals surface area contributed by atoms with E-state index in [4.69, 9.17) is 15.7 Å². The maximum atomic E-state index is 12.1. The second-order valence-corrected chi connectivity index (χ2v) is 5.58. The summed E-state index contributed by atoms with van der Waals surface area (Å²) in [5.74, 6) is 2.42. The third-order valence-electron chi connectivity index (χ3n) is 2.95. The Morgan fingerprint density at radius 3 is 3.05 bits per heavy atom. The molecule has 1 atom stereocenters. The van der Waals surface area contributed by atoms with Crippen LogP contribution < -0.4 is 15.8 Å². The molecule has 7 heteroatoms. The van der Waals surface area contributed by atoms with E-state index in [0.717, 1.165) is 17.9 Å². The summed E-state index contributed by atoms with van der Waals surface area (Å²) in [6.45, 7) is -0.0390. The average molecular weight is 295 g/mol. The highest BCUT2D eigenvalue weighted by atomic mass is 32.2. The lowest BCUT2D eigenvalue weighted by Crippen LogP contribution is -2.24. The molecule has 1 aromatic carbocycles. The summed E-state index contributed by atoms with van der Waals surface area (Å²) in [5, 5.41) is 14.2. The first kappa shape index (κ1) is 14.5. The van der Waals surface area contributed by atoms with Crippen molar-refractivity contribution in [2.75, 3.05) is 23.4 Å². The summed E-state index contributed by atoms with van der Waals surface area (Å²) in [5.41, 5.74) is 5.95. The highest BCUT2D eigenvalue weighted by Crippen LogP contribution is 2.28. The molecule has 1 aromatic rings. The zero-order valence-electron chi connectivity index (χ0n) is 10.9. The van der Waals surface area contributed by atoms with E-state index in [1.54, 1.807) is 30.0 Å². The summed E-state index contributed by atoms with van der Waals surface area (Å²) >= 11 is 1.79. The lowest BCUT2D eigenvalue weighted by molar-refractivity contribution is -0.119. The molecule has 1 unspecified atom stereocenters. The van der Waals surface area contributed by atoms with Crippen LogP contribution in [0.3, 0.4) is 0 Å². The first-order chi connectivity index (χ1) is 9.70. The normalized spacial score (nSPS) is 18.8. The van der Waals surface area contributed by atoms with Crippen molar-refractivity contribution in [3.05, 3.63) is 24.3 Å². The number of para-hydroxylation sites is 2. The number of oxime groups is 1. The van der Waals surface area contributed by atoms with Crippen LogP contribution >= 0.6 is 11.8 Å². The van der Waals surface area contributed by atoms with Crippen molar-refractivity contribution >= 4 is 29.2 Å². The second kappa shape index (κ2) is 7.04. The Hall–Kier alpha value is -1.89. The molecule has 0 radical (unpaired) electrons. The Balaban J connectivity index is 2.01. The average Bonchev–Trinajstić information content (AvgIpc) is 3.00. The fourth-order valence-corrected chi connectivity index (χ4v) is 3.07. The van der Waals surface area contributed by atoms with Crippen LogP contribution in [0.4, 0.5) is 5.69 Å². The zero-order valence-corrected chi connectivity index (χ0v) is 11.7. The van der Waals surface area contributed by atoms with Gasteiger partial charge in [-0.25, -0.2) is 0 Å². The van der Waals surface area contributed by atoms with E-state index in [9.17, 15) is 4.79 Å². The molecule has 108 valence electrons. The van der Waals surface area contributed by atoms with Gasteiger partial charge in [0.15, 0.2) is 5.84 Å². The number of rotatable bonds is 5. The first-order valence-corrected chi connectivity index (χ1v) is 7.43. The van der Waals surface area contributed by atoms with Crippen molar-refractivity contribution in [3.63, 3.8) is 0 Å². The van der Waals surface area contributed by atoms with Crippen molar-refractivity contribution < 1.29 is 14.7 Å². The van der Waals surface area contributed by atoms with Gasteiger partial charge in [0.05, 0.1) is 5.69 Å². The zero-order chi connectivity index (χ0) is 14.4. The van der Waals surface area contributed by atoms with Crippen LogP contribution in [-0.2, 0) is 4.79 Å². The quantitative estimate of drug-likeness (QED) is 0.331. The molecular formula is C13H17N3O3S. The lowest BCUT2D eigenvalue weighted by Gasteiger charge is -2.14. The molecule has 0 saturated carbocycles. The predicted molar refractivity (Wildman–Crippen MR) is 79.4 cm³/mol. The Morgan fingerprint density at radius 1 is 1.55 bits per heavy atom. The summed E-state index contributed by atoms with van der Waals surface area (Å²) in [7, 11) is 0. The van der Waals surface area contributed by atoms with E-state index in [0.29, 0.717) is 11.4 Å². The minimum atomic E-state index is -0.0390. The topological polar surface area (TPSA) is 96.9 Å². The number of nitrogens with two attached hydrogens (primary N) is 1. The minimum Gasteiger partial charge on any atom is -0.483 e. The van der Waals surface area contributed by atoms with E-state index >= 15 is 0 Å². The fraction of sp³-hybridized carbons (Fsp3) is 0.385. The van der Waals surface area contributed by atoms with Gasteiger partial charge in [-0.2, -0.15) is 11.8 Å². The van der Waals surface area contributed by atoms with Gasteiger partial charge in [0.25, 0.3) is 0 Å². The number of thioether (sulfide) groups is 1. The van der Waals surface area contributed by atoms with Gasteiger partial charge in [-0.1, -0.05) is 17.3 Å². The molecule has 1 heterocycles. The molecule has 4 N–H and O–H groups in total. The molecule has 1 aliphatic heterocycles. The number of amides is 1. The van der Waals surface area contributed by atoms with Crippen LogP contribution in [0.15, 0.2) is 29.4 Å². The minimum absolute atomic E-state index is 0.00912. The second-order valence-electron chi connectivity index (χ2n) is 4.43. The van der Waals surface area contributed by atoms with Gasteiger partial charge < -0.3 is 21.0 Å². The predicted octanol–water partition coefficient (Wildman–Crippen LogP) is 1.50. The summed E-state index contributed by atoms with van der Waals surface area (Å²) in [4.78, 5) is 12.1. The maximum absolute atomic E-state index is 12.1. The number of benzene rings is 1. The molecule has 0 bridgehead atoms. The molecule has 0 aliphatic carbocycles. The maximum Gasteiger partial charge on any atom is 0.228 e. The lowest BCUT2D eigenvalue weighted by atomic mass is 10.1. The summed E-state index contributed by atoms with van der Waals surface area (Å²) in [6.07, 6.45) is 0.906. The van der Waals surface area contributed by atoms with Crippen LogP contribution in [0, 0.1) is 5.92 Å². The van der Waals surface area contributed by atoms with Crippen molar-refractivity contribution in [2.24, 2.45) is 16.8 Å². The number of nitrogens with zero attached hydrogens (tertiary/aromatic N) is 1. The number of hydrogen-bond acceptors (Lipinski definition) is 5. The van der Waals surface area contributed by atoms with Gasteiger partial charge in [0, 0.05) is 11.7 Å². The molecule has 1 saturated heterocycles. The SMILES string of the molecule is NC(COc1ccccc1NC(=O)C1CCSC1)=NO. The van der Waals surface area contributed by atoms with E-state index in [1.165, 1.54) is 0 Å². The molecule has 1 amide bonds. The molecule has 1 aliphatic rings. The number of carbonyl (C=O) groups is 1. The Morgan fingerprint density at radius 2 is 2.35 bits per heavy atom. The molecule has 0 spiro atoms. The molecule has 0 aromatic heterocycles. The van der Waals surface area contributed by atoms with Crippen molar-refractivity contribution in [1.82, 2.24) is 0 Å². The van der Waals surface area contributed by atoms with Crippen molar-refractivity contribution in [1.29, 1.82) is 0 Å². The number of carbonyl (C=O) groups excluding carboxylic acids is 1. The van der Waals surface area contributed by atoms with Crippen LogP contribution in [-0.4, -0.2) is 35.1 Å². The summed E-state index contributed by atoms with van der Waals surface area (Å²) in [6, 6.07) is 7.10. The molecule has 2 rings (SSSR count). The fourth-order valence-electron chi connectivity index (χ4n) is 1.85. The van der Waals surface area contributed by atoms with Crippen LogP contribution in [0.25, 0.3) is 0 Å². The number of hydrogen-bond donors (Lipinski definition) is 3. The van der Waals surface area contributed by atoms with Gasteiger partial charge in [0.1, 0.15) is 12.4 Å². The van der Waals surface area contributed by atoms with E-state index in [-0.39, 0.29) is 24.3 Å². The molecule has 20 heavy (non-hydrogen) atoms. The van der Waals surface area contributed by atoms with Gasteiger partial charge >= 0.3 is 0 Å². The van der Waals surface area contributed by atoms with Crippen LogP contribution in [0.5, 0.6) is 5.75 Å². The van der Waals surface area contributed by atoms with E-state index < -0.39 is 0 Å². The van der Waals surface area contributed by atoms with Crippen LogP contribution in [0.1, 0.15) is 6.42 Å². The number of nitrogens with one attached hydrogen (secondary N) is 1. The van der Waals surface area contributed by atoms with E-state index in [1.807, 2.05) is 6.07 Å². The number of amidine groups is 1. The van der Waals surface area contributed by atoms with Crippen LogP contribution in [0.2, 0.25) is 0 Å². The largest absolute Gasteiger partial charge is 0.483 e. The van der Waals surface area contributed by atoms with Crippen molar-refractivity contribution in [2.45, 2.75) is 6.42 Å². The Labute approximate surface area is 121 Å². The third kappa shape index (κ3) is 3.80. The molecular weight excluding hydrogens is 278 g/mol. The number of ether oxygens (including phenoxy) is 1. The van der Waals surface area contributed by atoms with Gasteiger partial charge in [-0.15, -0.1) is 0 Å². The first-order valence-electron chi connectivity index (χ1n) is 6.27. The summed E-state index contributed by atoms with van der Waals surface area (Å²) < 4.78 is 5.42. The highest BCUT2D eigenvalue weighted by molar-refractivity contribution is 7.99. The van der Waals surface area contributed by atoms with Crippen molar-refractivity contribution in [3.8, 4) is 5.75 Å². The highest BCUT2D eigenvalue weighted by Gasteiger charge is 2.23. The van der Waals surface area contributed by atoms with Gasteiger partial charge in [-0.05, 0) is 24.3 Å². The Kier molecular flexibility index (Phi) is 5.11. The Bertz CT molecular complexity index is 501. The van der Waals surface area contributed by atoms with Gasteiger partial charge in [-0.3, -0.25) is 4.79 Å². The van der Waals surface area contributed by atoms with Gasteiger partial charge in [0.2, 0.25) is 5.91 Å². The molecule has 1 fully saturated rings. The third-order valence-corrected chi connectivity index (χ3v) is 4.11. The standard InChI is InChI=1S/C13H17N3O3S/c14-12(16-18)7-19-11-4-2-1-3-10(11)15-13(17)9-5-6-20-8-9/h1-4,9,18H,5-8H2,(H2,14,16)(H,15,17). The van der Waals surface area contributed by atoms with E-state index in [2.05, 4.69) is 10.5 Å². The number of anilines is 1. The smallest absolute Gasteiger partial charge is 0.228 e. The molecule has 6 nitrogen and oxygen atoms in total. The monoisotopic (exact) mass is 295 g/mol.